The van der Waals surface area contributed by atoms with Crippen LogP contribution in [0.15, 0.2) is 140 Å². The fourth-order valence-corrected chi connectivity index (χ4v) is 18.6. The van der Waals surface area contributed by atoms with Crippen LogP contribution >= 0.6 is 34.8 Å². The van der Waals surface area contributed by atoms with Gasteiger partial charge in [0.25, 0.3) is 5.91 Å². The number of ether oxygens (including phenoxy) is 6. The van der Waals surface area contributed by atoms with Crippen molar-refractivity contribution in [2.75, 3.05) is 33.4 Å². The summed E-state index contributed by atoms with van der Waals surface area (Å²) in [6.07, 6.45) is -25.7. The van der Waals surface area contributed by atoms with Gasteiger partial charge in [-0.05, 0) is 182 Å². The van der Waals surface area contributed by atoms with Gasteiger partial charge in [0.2, 0.25) is 53.4 Å². The third-order valence-electron chi connectivity index (χ3n) is 25.7. The molecule has 2 fully saturated rings. The highest BCUT2D eigenvalue weighted by Crippen LogP contribution is 2.52. The van der Waals surface area contributed by atoms with Gasteiger partial charge in [-0.1, -0.05) is 128 Å². The Morgan fingerprint density at radius 1 is 0.655 bits per heavy atom. The Kier molecular flexibility index (Phi) is 35.1. The van der Waals surface area contributed by atoms with E-state index >= 15 is 24.0 Å². The number of carboxylic acids is 1. The number of phenols is 3. The largest absolute Gasteiger partial charge is 0.507 e. The number of primary amides is 1. The molecule has 0 aromatic heterocycles. The summed E-state index contributed by atoms with van der Waals surface area (Å²) in [5.74, 6) is -18.4. The van der Waals surface area contributed by atoms with Crippen molar-refractivity contribution >= 4 is 88.0 Å². The summed E-state index contributed by atoms with van der Waals surface area (Å²) in [6.45, 7) is 6.52. The lowest BCUT2D eigenvalue weighted by Gasteiger charge is -2.48. The number of carboxylic acid groups (broad SMARTS) is 1. The normalized spacial score (nSPS) is 25.2. The van der Waals surface area contributed by atoms with Gasteiger partial charge in [-0.2, -0.15) is 0 Å². The number of carbonyl (C=O) groups is 9. The molecule has 8 amide bonds. The summed E-state index contributed by atoms with van der Waals surface area (Å²) in [5, 5.41) is 196. The highest BCUT2D eigenvalue weighted by atomic mass is 35.5. The van der Waals surface area contributed by atoms with Crippen LogP contribution in [-0.4, -0.2) is 260 Å². The molecule has 6 aliphatic heterocycles. The molecular weight excluding hydrogens is 1920 g/mol. The van der Waals surface area contributed by atoms with Gasteiger partial charge in [-0.3, -0.25) is 38.4 Å². The lowest BCUT2D eigenvalue weighted by atomic mass is 9.73. The maximum atomic E-state index is 16.6. The number of amides is 8. The number of carbonyl (C=O) groups excluding carboxylic acids is 8. The van der Waals surface area contributed by atoms with Gasteiger partial charge < -0.3 is 164 Å². The van der Waals surface area contributed by atoms with Gasteiger partial charge in [-0.15, -0.1) is 0 Å². The van der Waals surface area contributed by atoms with E-state index in [9.17, 15) is 95.8 Å². The van der Waals surface area contributed by atoms with E-state index in [-0.39, 0.29) is 74.7 Å². The van der Waals surface area contributed by atoms with E-state index in [1.54, 1.807) is 45.9 Å². The molecule has 44 heteroatoms. The molecule has 41 nitrogen and oxygen atoms in total. The van der Waals surface area contributed by atoms with E-state index in [4.69, 9.17) is 69.0 Å². The highest BCUT2D eigenvalue weighted by Gasteiger charge is 2.52. The maximum absolute atomic E-state index is 16.6. The van der Waals surface area contributed by atoms with Crippen molar-refractivity contribution in [2.24, 2.45) is 17.6 Å². The van der Waals surface area contributed by atoms with E-state index < -0.39 is 296 Å². The van der Waals surface area contributed by atoms with Crippen LogP contribution in [0.2, 0.25) is 15.1 Å². The van der Waals surface area contributed by atoms with Crippen LogP contribution in [0.25, 0.3) is 22.3 Å². The van der Waals surface area contributed by atoms with Crippen molar-refractivity contribution in [1.29, 1.82) is 0 Å². The van der Waals surface area contributed by atoms with E-state index in [0.717, 1.165) is 82.9 Å². The number of likely N-dealkylation sites (N-methyl/N-ethyl adjacent to an activating group) is 1. The first-order chi connectivity index (χ1) is 67.5. The summed E-state index contributed by atoms with van der Waals surface area (Å²) >= 11 is 21.4. The van der Waals surface area contributed by atoms with Crippen molar-refractivity contribution in [1.82, 2.24) is 53.2 Å². The van der Waals surface area contributed by atoms with Crippen molar-refractivity contribution in [3.8, 4) is 74.0 Å². The molecule has 15 rings (SSSR count). The van der Waals surface area contributed by atoms with Crippen LogP contribution in [0.3, 0.4) is 0 Å². The molecule has 8 aromatic rings. The quantitative estimate of drug-likeness (QED) is 0.0278. The average Bonchev–Trinajstić information content (AvgIpc) is 0.648. The zero-order valence-electron chi connectivity index (χ0n) is 77.5. The van der Waals surface area contributed by atoms with E-state index in [1.165, 1.54) is 19.2 Å². The number of fused-ring (bicyclic) bond motifs is 15. The molecule has 11 bridgehead atoms. The zero-order valence-corrected chi connectivity index (χ0v) is 79.8. The van der Waals surface area contributed by atoms with Gasteiger partial charge in [0, 0.05) is 41.9 Å². The molecule has 0 radical (unpaired) electrons. The van der Waals surface area contributed by atoms with Crippen molar-refractivity contribution in [3.63, 3.8) is 0 Å². The Morgan fingerprint density at radius 3 is 1.94 bits per heavy atom. The summed E-state index contributed by atoms with van der Waals surface area (Å²) in [5.41, 5.74) is 5.45. The van der Waals surface area contributed by atoms with E-state index in [2.05, 4.69) is 53.2 Å². The number of phenolic OH excluding ortho intramolecular Hbond substituents is 3. The second kappa shape index (κ2) is 46.5. The standard InChI is InChI=1S/C98H114Cl3N11O30/c1-42(2)26-60(103-6)89(128)111-76-78(119)48-18-22-66(58(100)30-48)139-68-32-51-33-69(86(68)142-97-87(84(125)82(123)70(40-114)141-97)138-52-27-43(3)88(127)98(5,36-52)106-37-45-16-21-65(57(99)28-45)137-41-50-14-10-15-53(44(50)4)46-12-8-7-9-13-46)140-67-23-19-49(31-59(67)101)79(120)77-94(133)110-75(96(135)136)55-34-63(116)56(38-104-24-11-25-105-95(134)85(126)83(124)81(122)64(117)39-113)80(121)72(55)54-29-47(17-20-62(54)115)73(91(130)112-77)109-92(131)74(51)108-90(129)61(35-71(102)118)107-93(76)132/h7-10,12-23,28-34,42-43,52,60-61,64,70,73-79,81-85,87-88,97,103-104,106,113-117,119-127H,11,24-27,35-41H2,1-6H3,(H2,102,118)(H,105,134)(H,107,132)(H,108,129)(H,109,131)(H,110,133)(H,111,128)(H,112,130)(H,135,136)/t43-,52-,60-,61+,64-,70-,73+,74-,75+,76-,77+,78-,79-,81-,82?,83+,84?,85-,87-,88-,97+,98?/m1/s1. The summed E-state index contributed by atoms with van der Waals surface area (Å²) in [4.78, 5) is 133. The number of aliphatic hydroxyl groups is 11. The third kappa shape index (κ3) is 24.3. The number of aromatic hydroxyl groups is 3. The topological polar surface area (TPSA) is 659 Å². The number of hydrogen-bond donors (Lipinski definition) is 26. The molecule has 3 unspecified atom stereocenters. The number of nitrogens with two attached hydrogens (primary N) is 1. The summed E-state index contributed by atoms with van der Waals surface area (Å²) in [7, 11) is 1.46. The Hall–Kier alpha value is -12.2. The molecule has 7 aliphatic rings. The molecule has 0 spiro atoms. The summed E-state index contributed by atoms with van der Waals surface area (Å²) < 4.78 is 40.1. The van der Waals surface area contributed by atoms with Crippen molar-refractivity contribution in [3.05, 3.63) is 205 Å². The fourth-order valence-electron chi connectivity index (χ4n) is 17.9. The second-order valence-electron chi connectivity index (χ2n) is 36.3. The van der Waals surface area contributed by atoms with Crippen LogP contribution in [0, 0.1) is 18.8 Å². The Labute approximate surface area is 828 Å². The van der Waals surface area contributed by atoms with Crippen LogP contribution in [-0.2, 0) is 72.3 Å². The predicted molar refractivity (Wildman–Crippen MR) is 508 cm³/mol. The molecule has 8 aromatic carbocycles. The lowest BCUT2D eigenvalue weighted by molar-refractivity contribution is -0.299. The number of benzene rings is 8. The first-order valence-electron chi connectivity index (χ1n) is 45.6. The Morgan fingerprint density at radius 2 is 1.31 bits per heavy atom. The Balaban J connectivity index is 0.921. The number of hydrogen-bond acceptors (Lipinski definition) is 32. The minimum Gasteiger partial charge on any atom is -0.507 e. The van der Waals surface area contributed by atoms with Crippen molar-refractivity contribution < 1.29 is 148 Å². The first kappa shape index (κ1) is 107. The third-order valence-corrected chi connectivity index (χ3v) is 26.6. The van der Waals surface area contributed by atoms with E-state index in [0.29, 0.717) is 16.3 Å². The second-order valence-corrected chi connectivity index (χ2v) is 37.5. The molecule has 22 atom stereocenters. The zero-order chi connectivity index (χ0) is 103. The monoisotopic (exact) mass is 2030 g/mol. The molecule has 27 N–H and O–H groups in total. The number of nitrogens with one attached hydrogen (secondary N) is 10. The summed E-state index contributed by atoms with van der Waals surface area (Å²) in [6, 6.07) is 18.7. The van der Waals surface area contributed by atoms with Crippen molar-refractivity contribution in [2.45, 2.75) is 214 Å². The van der Waals surface area contributed by atoms with Gasteiger partial charge >= 0.3 is 5.97 Å². The molecule has 762 valence electrons. The molecule has 1 saturated carbocycles. The molecule has 6 heterocycles. The van der Waals surface area contributed by atoms with Crippen LogP contribution in [0.1, 0.15) is 140 Å². The highest BCUT2D eigenvalue weighted by molar-refractivity contribution is 6.33. The van der Waals surface area contributed by atoms with Gasteiger partial charge in [0.15, 0.2) is 23.6 Å². The number of halogens is 3. The first-order valence-corrected chi connectivity index (χ1v) is 46.8. The number of rotatable bonds is 31. The van der Waals surface area contributed by atoms with Crippen LogP contribution in [0.5, 0.6) is 51.7 Å². The number of aliphatic carboxylic acids is 1. The molecule has 1 aliphatic carbocycles. The van der Waals surface area contributed by atoms with Gasteiger partial charge in [0.1, 0.15) is 126 Å². The number of aliphatic hydroxyl groups excluding tert-OH is 11. The minimum absolute atomic E-state index is 0.0198. The minimum atomic E-state index is -2.45. The maximum Gasteiger partial charge on any atom is 0.330 e. The lowest BCUT2D eigenvalue weighted by Crippen LogP contribution is -2.64. The molecule has 142 heavy (non-hydrogen) atoms. The fraction of sp³-hybridized carbons (Fsp3) is 0.418. The van der Waals surface area contributed by atoms with E-state index in [1.807, 2.05) is 55.5 Å². The molecular formula is C98H114Cl3N11O30. The Bertz CT molecular complexity index is 5990. The van der Waals surface area contributed by atoms with Crippen LogP contribution < -0.4 is 77.8 Å². The molecule has 1 saturated heterocycles. The smallest absolute Gasteiger partial charge is 0.330 e. The average molecular weight is 2030 g/mol. The van der Waals surface area contributed by atoms with Crippen LogP contribution in [0.4, 0.5) is 0 Å². The van der Waals surface area contributed by atoms with Gasteiger partial charge in [-0.25, -0.2) is 4.79 Å². The SMILES string of the molecule is CN[C@H](CC(C)C)C(=O)N[C@H]1C(=O)N[C@@H](CC(N)=O)C(=O)N[C@H]2C(=O)N[C@@H]3C(=O)N[C@H](C(=O)N[C@H](C(=O)O)c4cc(O)c(CNCCCNC(=O)[C@H](O)[C@@H](O)[C@H](O)[C@H](O)CO)c(O)c4-c4cc3ccc4O)[C@H](O)c3ccc(c(Cl)c3)Oc3cc2cc(c3O[C@@H]2O[C@H](CO)C(O)C(O)[C@H]2O[C@@H]2C[C@@H](C)[C@@H](O)C(C)(NCc3ccc(OCc4cccc(-c5ccccc5)c4C)c(Cl)c3)C2)Oc2ccc(cc2Cl)[C@H]1O. The predicted octanol–water partition coefficient (Wildman–Crippen LogP) is 2.84. The van der Waals surface area contributed by atoms with Gasteiger partial charge in [0.05, 0.1) is 58.5 Å².